The summed E-state index contributed by atoms with van der Waals surface area (Å²) in [7, 11) is -4.94. The highest BCUT2D eigenvalue weighted by Crippen LogP contribution is 2.43. The summed E-state index contributed by atoms with van der Waals surface area (Å²) >= 11 is 0. The van der Waals surface area contributed by atoms with Crippen LogP contribution in [-0.2, 0) is 13.8 Å². The molecule has 24 heavy (non-hydrogen) atoms. The molecule has 0 radical (unpaired) electrons. The zero-order chi connectivity index (χ0) is 17.6. The molecule has 1 saturated heterocycles. The van der Waals surface area contributed by atoms with Crippen molar-refractivity contribution in [1.29, 1.82) is 0 Å². The fourth-order valence-corrected chi connectivity index (χ4v) is 3.09. The number of nitrogens with zero attached hydrogens (tertiary/aromatic N) is 3. The molecule has 7 N–H and O–H groups in total. The number of imidazole rings is 1. The Morgan fingerprint density at radius 2 is 2.21 bits per heavy atom. The van der Waals surface area contributed by atoms with E-state index in [-0.39, 0.29) is 17.1 Å². The van der Waals surface area contributed by atoms with E-state index in [2.05, 4.69) is 19.5 Å². The Hall–Kier alpha value is -1.86. The topological polar surface area (TPSA) is 206 Å². The second-order valence-corrected chi connectivity index (χ2v) is 6.27. The summed E-state index contributed by atoms with van der Waals surface area (Å²) in [5, 5.41) is 19.6. The number of hydrogen-bond donors (Lipinski definition) is 6. The van der Waals surface area contributed by atoms with Crippen LogP contribution in [0.5, 0.6) is 0 Å². The maximum Gasteiger partial charge on any atom is 0.470 e. The quantitative estimate of drug-likeness (QED) is 0.311. The molecule has 3 rings (SSSR count). The molecule has 13 nitrogen and oxygen atoms in total. The van der Waals surface area contributed by atoms with E-state index in [1.165, 1.54) is 0 Å². The number of aromatic amines is 1. The van der Waals surface area contributed by atoms with Gasteiger partial charge in [-0.25, -0.2) is 9.55 Å². The maximum atomic E-state index is 11.8. The summed E-state index contributed by atoms with van der Waals surface area (Å²) in [6.07, 6.45) is -4.40. The molecule has 132 valence electrons. The first-order valence-corrected chi connectivity index (χ1v) is 8.15. The van der Waals surface area contributed by atoms with Crippen LogP contribution in [0, 0.1) is 0 Å². The minimum Gasteiger partial charge on any atom is -0.394 e. The largest absolute Gasteiger partial charge is 0.470 e. The van der Waals surface area contributed by atoms with Gasteiger partial charge in [0.1, 0.15) is 18.3 Å². The average molecular weight is 363 g/mol. The molecule has 0 bridgehead atoms. The monoisotopic (exact) mass is 363 g/mol. The van der Waals surface area contributed by atoms with Crippen molar-refractivity contribution in [3.05, 3.63) is 16.7 Å². The van der Waals surface area contributed by atoms with Crippen molar-refractivity contribution in [2.75, 3.05) is 12.3 Å². The van der Waals surface area contributed by atoms with Gasteiger partial charge in [-0.2, -0.15) is 4.98 Å². The van der Waals surface area contributed by atoms with Gasteiger partial charge in [0.25, 0.3) is 5.56 Å². The third-order valence-electron chi connectivity index (χ3n) is 3.47. The minimum absolute atomic E-state index is 0.00572. The maximum absolute atomic E-state index is 11.8. The van der Waals surface area contributed by atoms with Gasteiger partial charge in [0, 0.05) is 0 Å². The van der Waals surface area contributed by atoms with Gasteiger partial charge >= 0.3 is 7.82 Å². The van der Waals surface area contributed by atoms with Crippen molar-refractivity contribution in [3.63, 3.8) is 0 Å². The van der Waals surface area contributed by atoms with Crippen molar-refractivity contribution in [2.24, 2.45) is 0 Å². The van der Waals surface area contributed by atoms with Gasteiger partial charge in [0.15, 0.2) is 17.4 Å². The molecule has 4 atom stereocenters. The van der Waals surface area contributed by atoms with Crippen molar-refractivity contribution < 1.29 is 33.8 Å². The van der Waals surface area contributed by atoms with Crippen LogP contribution in [0.1, 0.15) is 6.23 Å². The molecule has 0 unspecified atom stereocenters. The van der Waals surface area contributed by atoms with E-state index in [0.29, 0.717) is 0 Å². The fraction of sp³-hybridized carbons (Fsp3) is 0.500. The molecule has 14 heteroatoms. The highest BCUT2D eigenvalue weighted by atomic mass is 31.2. The molecule has 0 amide bonds. The SMILES string of the molecule is Nc1nc2c(ncn2[C@H]2O[C@@H](CO)[C@@H](OP(=O)(O)O)[C@H]2O)c(=O)[nH]1. The number of phosphoric ester groups is 1. The minimum atomic E-state index is -4.94. The first-order chi connectivity index (χ1) is 11.2. The summed E-state index contributed by atoms with van der Waals surface area (Å²) in [4.78, 5) is 39.6. The number of anilines is 1. The molecule has 1 aliphatic rings. The number of nitrogens with one attached hydrogen (secondary N) is 1. The van der Waals surface area contributed by atoms with Gasteiger partial charge < -0.3 is 30.5 Å². The van der Waals surface area contributed by atoms with Crippen molar-refractivity contribution in [2.45, 2.75) is 24.5 Å². The van der Waals surface area contributed by atoms with Gasteiger partial charge in [-0.05, 0) is 0 Å². The van der Waals surface area contributed by atoms with Crippen molar-refractivity contribution in [1.82, 2.24) is 19.5 Å². The Balaban J connectivity index is 2.01. The van der Waals surface area contributed by atoms with Gasteiger partial charge in [-0.1, -0.05) is 0 Å². The first kappa shape index (κ1) is 17.0. The lowest BCUT2D eigenvalue weighted by Crippen LogP contribution is -2.35. The molecule has 0 saturated carbocycles. The van der Waals surface area contributed by atoms with Gasteiger partial charge in [0.2, 0.25) is 5.95 Å². The van der Waals surface area contributed by atoms with Crippen LogP contribution in [0.2, 0.25) is 0 Å². The van der Waals surface area contributed by atoms with Crippen LogP contribution in [0.15, 0.2) is 11.1 Å². The Kier molecular flexibility index (Phi) is 4.17. The van der Waals surface area contributed by atoms with Crippen LogP contribution in [0.25, 0.3) is 11.2 Å². The number of phosphoric acid groups is 1. The summed E-state index contributed by atoms with van der Waals surface area (Å²) < 4.78 is 22.0. The lowest BCUT2D eigenvalue weighted by atomic mass is 10.1. The third kappa shape index (κ3) is 2.93. The molecular formula is C10H14N5O8P. The van der Waals surface area contributed by atoms with E-state index in [0.717, 1.165) is 10.9 Å². The standard InChI is InChI=1S/C10H14N5O8P/c11-10-13-7-4(8(18)14-10)12-2-15(7)9-5(17)6(3(1-16)22-9)23-24(19,20)21/h2-3,5-6,9,16-17H,1H2,(H2,19,20,21)(H3,11,13,14,18)/t3-,5+,6+,9-/m0/s1. The van der Waals surface area contributed by atoms with Gasteiger partial charge in [-0.15, -0.1) is 0 Å². The zero-order valence-electron chi connectivity index (χ0n) is 11.9. The summed E-state index contributed by atoms with van der Waals surface area (Å²) in [6.45, 7) is -0.666. The van der Waals surface area contributed by atoms with Crippen molar-refractivity contribution in [3.8, 4) is 0 Å². The number of hydrogen-bond acceptors (Lipinski definition) is 9. The summed E-state index contributed by atoms with van der Waals surface area (Å²) in [5.74, 6) is -0.191. The molecule has 3 heterocycles. The first-order valence-electron chi connectivity index (χ1n) is 6.62. The van der Waals surface area contributed by atoms with E-state index < -0.39 is 44.5 Å². The van der Waals surface area contributed by atoms with E-state index in [1.54, 1.807) is 0 Å². The number of ether oxygens (including phenoxy) is 1. The Labute approximate surface area is 132 Å². The molecule has 0 aromatic carbocycles. The normalized spacial score (nSPS) is 27.8. The summed E-state index contributed by atoms with van der Waals surface area (Å²) in [5.41, 5.74) is 4.79. The van der Waals surface area contributed by atoms with Crippen LogP contribution < -0.4 is 11.3 Å². The van der Waals surface area contributed by atoms with Gasteiger partial charge in [0.05, 0.1) is 12.9 Å². The smallest absolute Gasteiger partial charge is 0.394 e. The molecular weight excluding hydrogens is 349 g/mol. The Bertz CT molecular complexity index is 861. The molecule has 1 aliphatic heterocycles. The summed E-state index contributed by atoms with van der Waals surface area (Å²) in [6, 6.07) is 0. The highest BCUT2D eigenvalue weighted by Gasteiger charge is 2.48. The lowest BCUT2D eigenvalue weighted by molar-refractivity contribution is -0.0509. The van der Waals surface area contributed by atoms with E-state index in [9.17, 15) is 19.6 Å². The third-order valence-corrected chi connectivity index (χ3v) is 3.99. The average Bonchev–Trinajstić information content (AvgIpc) is 3.00. The molecule has 1 fully saturated rings. The number of fused-ring (bicyclic) bond motifs is 1. The van der Waals surface area contributed by atoms with E-state index in [1.807, 2.05) is 0 Å². The second-order valence-electron chi connectivity index (χ2n) is 5.07. The number of H-pyrrole nitrogens is 1. The van der Waals surface area contributed by atoms with Crippen LogP contribution in [0.3, 0.4) is 0 Å². The number of rotatable bonds is 4. The molecule has 2 aromatic rings. The predicted molar refractivity (Wildman–Crippen MR) is 76.5 cm³/mol. The van der Waals surface area contributed by atoms with Crippen LogP contribution >= 0.6 is 7.82 Å². The van der Waals surface area contributed by atoms with Gasteiger partial charge in [-0.3, -0.25) is 18.9 Å². The van der Waals surface area contributed by atoms with E-state index in [4.69, 9.17) is 20.3 Å². The Morgan fingerprint density at radius 3 is 2.83 bits per heavy atom. The van der Waals surface area contributed by atoms with Crippen molar-refractivity contribution >= 4 is 24.9 Å². The van der Waals surface area contributed by atoms with Crippen LogP contribution in [-0.4, -0.2) is 64.4 Å². The number of aliphatic hydroxyl groups is 2. The highest BCUT2D eigenvalue weighted by molar-refractivity contribution is 7.46. The number of aromatic nitrogens is 4. The second kappa shape index (κ2) is 5.89. The fourth-order valence-electron chi connectivity index (χ4n) is 2.51. The predicted octanol–water partition coefficient (Wildman–Crippen LogP) is -2.57. The molecule has 0 aliphatic carbocycles. The van der Waals surface area contributed by atoms with E-state index >= 15 is 0 Å². The lowest BCUT2D eigenvalue weighted by Gasteiger charge is -2.20. The zero-order valence-corrected chi connectivity index (χ0v) is 12.8. The Morgan fingerprint density at radius 1 is 1.50 bits per heavy atom. The molecule has 2 aromatic heterocycles. The number of aliphatic hydroxyl groups excluding tert-OH is 2. The number of nitrogens with two attached hydrogens (primary N) is 1. The number of nitrogen functional groups attached to an aromatic ring is 1. The molecule has 0 spiro atoms. The van der Waals surface area contributed by atoms with Crippen LogP contribution in [0.4, 0.5) is 5.95 Å².